The molecule has 2 rings (SSSR count). The van der Waals surface area contributed by atoms with Gasteiger partial charge in [0.25, 0.3) is 0 Å². The van der Waals surface area contributed by atoms with Crippen molar-refractivity contribution in [2.45, 2.75) is 51.6 Å². The van der Waals surface area contributed by atoms with E-state index in [1.807, 2.05) is 0 Å². The fourth-order valence-electron chi connectivity index (χ4n) is 2.77. The molecule has 0 spiro atoms. The highest BCUT2D eigenvalue weighted by atomic mass is 19.1. The Morgan fingerprint density at radius 3 is 2.78 bits per heavy atom. The van der Waals surface area contributed by atoms with Crippen LogP contribution >= 0.6 is 0 Å². The van der Waals surface area contributed by atoms with Crippen LogP contribution in [0.15, 0.2) is 18.2 Å². The molecule has 2 nitrogen and oxygen atoms in total. The molecule has 3 heteroatoms. The molecule has 18 heavy (non-hydrogen) atoms. The predicted molar refractivity (Wildman–Crippen MR) is 70.9 cm³/mol. The molecule has 1 aromatic rings. The lowest BCUT2D eigenvalue weighted by Gasteiger charge is -2.28. The highest BCUT2D eigenvalue weighted by Gasteiger charge is 2.19. The number of aromatic hydroxyl groups is 1. The van der Waals surface area contributed by atoms with Gasteiger partial charge in [-0.2, -0.15) is 0 Å². The number of phenolic OH excluding ortho intramolecular Hbond substituents is 1. The Morgan fingerprint density at radius 2 is 2.06 bits per heavy atom. The van der Waals surface area contributed by atoms with Crippen molar-refractivity contribution in [2.75, 3.05) is 0 Å². The zero-order valence-electron chi connectivity index (χ0n) is 11.0. The van der Waals surface area contributed by atoms with Gasteiger partial charge in [-0.3, -0.25) is 0 Å². The van der Waals surface area contributed by atoms with Crippen molar-refractivity contribution in [2.24, 2.45) is 5.92 Å². The maximum absolute atomic E-state index is 13.1. The lowest BCUT2D eigenvalue weighted by atomic mass is 9.84. The topological polar surface area (TPSA) is 32.3 Å². The summed E-state index contributed by atoms with van der Waals surface area (Å²) in [4.78, 5) is 0. The van der Waals surface area contributed by atoms with Crippen molar-refractivity contribution in [3.8, 4) is 5.75 Å². The van der Waals surface area contributed by atoms with Crippen molar-refractivity contribution >= 4 is 0 Å². The summed E-state index contributed by atoms with van der Waals surface area (Å²) in [6.07, 6.45) is 6.56. The Labute approximate surface area is 108 Å². The van der Waals surface area contributed by atoms with E-state index in [1.165, 1.54) is 50.3 Å². The molecule has 1 aliphatic carbocycles. The van der Waals surface area contributed by atoms with Gasteiger partial charge in [0, 0.05) is 18.2 Å². The minimum atomic E-state index is -0.296. The summed E-state index contributed by atoms with van der Waals surface area (Å²) in [7, 11) is 0. The molecule has 1 aliphatic rings. The van der Waals surface area contributed by atoms with Gasteiger partial charge in [-0.05, 0) is 43.9 Å². The van der Waals surface area contributed by atoms with E-state index < -0.39 is 0 Å². The molecule has 0 aliphatic heterocycles. The molecule has 2 N–H and O–H groups in total. The average molecular weight is 251 g/mol. The zero-order valence-corrected chi connectivity index (χ0v) is 11.0. The summed E-state index contributed by atoms with van der Waals surface area (Å²) in [6.45, 7) is 2.72. The highest BCUT2D eigenvalue weighted by molar-refractivity contribution is 5.32. The van der Waals surface area contributed by atoms with Crippen LogP contribution in [0.3, 0.4) is 0 Å². The third-order valence-electron chi connectivity index (χ3n) is 4.01. The number of nitrogens with one attached hydrogen (secondary N) is 1. The lowest BCUT2D eigenvalue weighted by Crippen LogP contribution is -2.34. The summed E-state index contributed by atoms with van der Waals surface area (Å²) in [5, 5.41) is 13.1. The molecule has 0 heterocycles. The first kappa shape index (κ1) is 13.3. The zero-order chi connectivity index (χ0) is 13.0. The van der Waals surface area contributed by atoms with E-state index in [-0.39, 0.29) is 11.6 Å². The van der Waals surface area contributed by atoms with Gasteiger partial charge in [0.05, 0.1) is 0 Å². The van der Waals surface area contributed by atoms with Crippen LogP contribution in [0, 0.1) is 11.7 Å². The Morgan fingerprint density at radius 1 is 1.33 bits per heavy atom. The van der Waals surface area contributed by atoms with Gasteiger partial charge in [0.15, 0.2) is 0 Å². The van der Waals surface area contributed by atoms with Crippen molar-refractivity contribution in [1.82, 2.24) is 5.32 Å². The second-order valence-electron chi connectivity index (χ2n) is 5.34. The van der Waals surface area contributed by atoms with Crippen LogP contribution in [-0.2, 0) is 6.54 Å². The molecule has 0 unspecified atom stereocenters. The molecular weight excluding hydrogens is 229 g/mol. The minimum absolute atomic E-state index is 0.166. The van der Waals surface area contributed by atoms with Crippen molar-refractivity contribution in [3.63, 3.8) is 0 Å². The average Bonchev–Trinajstić information content (AvgIpc) is 2.40. The number of benzene rings is 1. The van der Waals surface area contributed by atoms with Crippen molar-refractivity contribution in [3.05, 3.63) is 29.6 Å². The van der Waals surface area contributed by atoms with Crippen LogP contribution in [0.2, 0.25) is 0 Å². The first-order chi connectivity index (χ1) is 8.66. The summed E-state index contributed by atoms with van der Waals surface area (Å²) in [5.74, 6) is 0.587. The first-order valence-electron chi connectivity index (χ1n) is 6.87. The standard InChI is InChI=1S/C15H22FNO/c1-11(12-5-3-2-4-6-12)17-10-13-9-14(16)7-8-15(13)18/h7-9,11-12,17-18H,2-6,10H2,1H3/t11-/m0/s1. The van der Waals surface area contributed by atoms with Crippen LogP contribution in [0.5, 0.6) is 5.75 Å². The smallest absolute Gasteiger partial charge is 0.123 e. The van der Waals surface area contributed by atoms with Gasteiger partial charge >= 0.3 is 0 Å². The Kier molecular flexibility index (Phi) is 4.59. The second kappa shape index (κ2) is 6.19. The maximum Gasteiger partial charge on any atom is 0.123 e. The summed E-state index contributed by atoms with van der Waals surface area (Å²) < 4.78 is 13.1. The first-order valence-corrected chi connectivity index (χ1v) is 6.87. The SMILES string of the molecule is C[C@H](NCc1cc(F)ccc1O)C1CCCCC1. The highest BCUT2D eigenvalue weighted by Crippen LogP contribution is 2.26. The molecule has 0 radical (unpaired) electrons. The third kappa shape index (κ3) is 3.45. The molecule has 100 valence electrons. The molecule has 0 aromatic heterocycles. The fourth-order valence-corrected chi connectivity index (χ4v) is 2.77. The van der Waals surface area contributed by atoms with E-state index in [1.54, 1.807) is 0 Å². The largest absolute Gasteiger partial charge is 0.508 e. The molecule has 0 saturated heterocycles. The van der Waals surface area contributed by atoms with Crippen molar-refractivity contribution in [1.29, 1.82) is 0 Å². The Bertz CT molecular complexity index is 388. The van der Waals surface area contributed by atoms with Gasteiger partial charge in [-0.1, -0.05) is 19.3 Å². The van der Waals surface area contributed by atoms with Crippen LogP contribution in [-0.4, -0.2) is 11.1 Å². The van der Waals surface area contributed by atoms with Gasteiger partial charge in [0.2, 0.25) is 0 Å². The van der Waals surface area contributed by atoms with E-state index >= 15 is 0 Å². The van der Waals surface area contributed by atoms with E-state index in [2.05, 4.69) is 12.2 Å². The van der Waals surface area contributed by atoms with Gasteiger partial charge in [-0.15, -0.1) is 0 Å². The number of phenols is 1. The van der Waals surface area contributed by atoms with E-state index in [0.29, 0.717) is 18.2 Å². The normalized spacial score (nSPS) is 18.8. The maximum atomic E-state index is 13.1. The molecule has 0 amide bonds. The quantitative estimate of drug-likeness (QED) is 0.857. The second-order valence-corrected chi connectivity index (χ2v) is 5.34. The van der Waals surface area contributed by atoms with Crippen LogP contribution in [0.4, 0.5) is 4.39 Å². The minimum Gasteiger partial charge on any atom is -0.508 e. The van der Waals surface area contributed by atoms with Gasteiger partial charge in [-0.25, -0.2) is 4.39 Å². The Hall–Kier alpha value is -1.09. The van der Waals surface area contributed by atoms with Gasteiger partial charge < -0.3 is 10.4 Å². The van der Waals surface area contributed by atoms with E-state index in [9.17, 15) is 9.50 Å². The van der Waals surface area contributed by atoms with E-state index in [4.69, 9.17) is 0 Å². The molecule has 0 bridgehead atoms. The van der Waals surface area contributed by atoms with Crippen LogP contribution < -0.4 is 5.32 Å². The third-order valence-corrected chi connectivity index (χ3v) is 4.01. The molecule has 1 fully saturated rings. The van der Waals surface area contributed by atoms with Crippen LogP contribution in [0.1, 0.15) is 44.6 Å². The molecule has 1 saturated carbocycles. The number of hydrogen-bond donors (Lipinski definition) is 2. The summed E-state index contributed by atoms with van der Waals surface area (Å²) in [6, 6.07) is 4.52. The fraction of sp³-hybridized carbons (Fsp3) is 0.600. The number of hydrogen-bond acceptors (Lipinski definition) is 2. The van der Waals surface area contributed by atoms with Gasteiger partial charge in [0.1, 0.15) is 11.6 Å². The summed E-state index contributed by atoms with van der Waals surface area (Å²) in [5.41, 5.74) is 0.637. The molecular formula is C15H22FNO. The number of rotatable bonds is 4. The number of halogens is 1. The predicted octanol–water partition coefficient (Wildman–Crippen LogP) is 3.59. The molecule has 1 aromatic carbocycles. The van der Waals surface area contributed by atoms with Crippen molar-refractivity contribution < 1.29 is 9.50 Å². The van der Waals surface area contributed by atoms with E-state index in [0.717, 1.165) is 5.92 Å². The summed E-state index contributed by atoms with van der Waals surface area (Å²) >= 11 is 0. The van der Waals surface area contributed by atoms with Crippen LogP contribution in [0.25, 0.3) is 0 Å². The molecule has 1 atom stereocenters. The monoisotopic (exact) mass is 251 g/mol. The Balaban J connectivity index is 1.88. The lowest BCUT2D eigenvalue weighted by molar-refractivity contribution is 0.280.